The van der Waals surface area contributed by atoms with Crippen LogP contribution in [0.5, 0.6) is 0 Å². The van der Waals surface area contributed by atoms with Crippen LogP contribution < -0.4 is 4.90 Å². The Bertz CT molecular complexity index is 1060. The van der Waals surface area contributed by atoms with E-state index < -0.39 is 15.1 Å². The summed E-state index contributed by atoms with van der Waals surface area (Å²) >= 11 is 0. The molecule has 1 aliphatic rings. The van der Waals surface area contributed by atoms with Crippen molar-refractivity contribution < 1.29 is 17.9 Å². The molecule has 0 radical (unpaired) electrons. The predicted molar refractivity (Wildman–Crippen MR) is 130 cm³/mol. The number of anilines is 1. The number of Topliss-reactive ketones (excluding diaryl/α,β-unsaturated/α-hetero) is 1. The summed E-state index contributed by atoms with van der Waals surface area (Å²) in [6, 6.07) is 11.1. The molecule has 2 aromatic carbocycles. The van der Waals surface area contributed by atoms with Crippen LogP contribution in [0.15, 0.2) is 36.4 Å². The van der Waals surface area contributed by atoms with Crippen LogP contribution in [-0.2, 0) is 26.7 Å². The lowest BCUT2D eigenvalue weighted by Crippen LogP contribution is -2.45. The number of hydrogen-bond donors (Lipinski definition) is 0. The predicted octanol–water partition coefficient (Wildman–Crippen LogP) is 4.67. The summed E-state index contributed by atoms with van der Waals surface area (Å²) in [7, 11) is -3.16. The molecule has 1 fully saturated rings. The first-order chi connectivity index (χ1) is 15.0. The van der Waals surface area contributed by atoms with E-state index in [-0.39, 0.29) is 23.7 Å². The molecular formula is C26H35NO4S. The second-order valence-corrected chi connectivity index (χ2v) is 11.9. The summed E-state index contributed by atoms with van der Waals surface area (Å²) < 4.78 is 30.1. The highest BCUT2D eigenvalue weighted by Gasteiger charge is 2.24. The number of carbonyl (C=O) groups excluding carboxylic acids is 1. The Morgan fingerprint density at radius 2 is 1.59 bits per heavy atom. The monoisotopic (exact) mass is 457 g/mol. The Kier molecular flexibility index (Phi) is 7.46. The SMILES string of the molecule is Cc1c(CC(=O)c2ccc(CS(=O)(=O)C(C)C)cc2)ccc(N2C[C@@H](C)O[C@@H](C)C2)c1C. The zero-order valence-electron chi connectivity index (χ0n) is 20.0. The molecule has 2 atom stereocenters. The summed E-state index contributed by atoms with van der Waals surface area (Å²) in [4.78, 5) is 15.3. The van der Waals surface area contributed by atoms with E-state index >= 15 is 0 Å². The van der Waals surface area contributed by atoms with Crippen LogP contribution in [0, 0.1) is 13.8 Å². The van der Waals surface area contributed by atoms with Gasteiger partial charge in [0.1, 0.15) is 0 Å². The maximum atomic E-state index is 12.9. The van der Waals surface area contributed by atoms with Gasteiger partial charge in [-0.3, -0.25) is 4.79 Å². The average molecular weight is 458 g/mol. The first kappa shape index (κ1) is 24.5. The highest BCUT2D eigenvalue weighted by atomic mass is 32.2. The molecule has 2 aromatic rings. The highest BCUT2D eigenvalue weighted by Crippen LogP contribution is 2.29. The molecule has 1 saturated heterocycles. The van der Waals surface area contributed by atoms with Crippen LogP contribution in [0.1, 0.15) is 60.3 Å². The van der Waals surface area contributed by atoms with E-state index in [1.807, 2.05) is 0 Å². The zero-order valence-corrected chi connectivity index (χ0v) is 20.8. The van der Waals surface area contributed by atoms with Crippen LogP contribution in [0.25, 0.3) is 0 Å². The van der Waals surface area contributed by atoms with E-state index in [0.717, 1.165) is 24.2 Å². The van der Waals surface area contributed by atoms with Crippen molar-refractivity contribution in [3.63, 3.8) is 0 Å². The van der Waals surface area contributed by atoms with Gasteiger partial charge in [0.05, 0.1) is 23.2 Å². The molecule has 0 N–H and O–H groups in total. The lowest BCUT2D eigenvalue weighted by Gasteiger charge is -2.38. The molecule has 6 heteroatoms. The Morgan fingerprint density at radius 1 is 1.00 bits per heavy atom. The summed E-state index contributed by atoms with van der Waals surface area (Å²) in [6.07, 6.45) is 0.711. The lowest BCUT2D eigenvalue weighted by atomic mass is 9.94. The Labute approximate surface area is 192 Å². The fourth-order valence-corrected chi connectivity index (χ4v) is 5.22. The van der Waals surface area contributed by atoms with Gasteiger partial charge in [-0.25, -0.2) is 8.42 Å². The molecule has 32 heavy (non-hydrogen) atoms. The average Bonchev–Trinajstić information content (AvgIpc) is 2.71. The fraction of sp³-hybridized carbons (Fsp3) is 0.500. The van der Waals surface area contributed by atoms with Crippen molar-refractivity contribution >= 4 is 21.3 Å². The number of sulfone groups is 1. The van der Waals surface area contributed by atoms with Crippen LogP contribution in [0.2, 0.25) is 0 Å². The van der Waals surface area contributed by atoms with E-state index in [1.165, 1.54) is 11.3 Å². The van der Waals surface area contributed by atoms with Gasteiger partial charge in [-0.05, 0) is 69.9 Å². The fourth-order valence-electron chi connectivity index (χ4n) is 4.23. The summed E-state index contributed by atoms with van der Waals surface area (Å²) in [5, 5.41) is -0.415. The number of ether oxygens (including phenoxy) is 1. The number of carbonyl (C=O) groups is 1. The number of hydrogen-bond acceptors (Lipinski definition) is 5. The van der Waals surface area contributed by atoms with Crippen molar-refractivity contribution in [3.8, 4) is 0 Å². The maximum Gasteiger partial charge on any atom is 0.167 e. The van der Waals surface area contributed by atoms with Crippen LogP contribution in [0.4, 0.5) is 5.69 Å². The number of morpholine rings is 1. The highest BCUT2D eigenvalue weighted by molar-refractivity contribution is 7.91. The number of rotatable bonds is 7. The molecule has 1 heterocycles. The van der Waals surface area contributed by atoms with Gasteiger partial charge in [0, 0.05) is 30.8 Å². The first-order valence-corrected chi connectivity index (χ1v) is 13.0. The maximum absolute atomic E-state index is 12.9. The van der Waals surface area contributed by atoms with E-state index in [4.69, 9.17) is 4.74 Å². The number of ketones is 1. The molecule has 5 nitrogen and oxygen atoms in total. The Hall–Kier alpha value is -2.18. The Morgan fingerprint density at radius 3 is 2.16 bits per heavy atom. The second-order valence-electron chi connectivity index (χ2n) is 9.31. The molecule has 0 spiro atoms. The number of nitrogens with zero attached hydrogens (tertiary/aromatic N) is 1. The van der Waals surface area contributed by atoms with E-state index in [9.17, 15) is 13.2 Å². The van der Waals surface area contributed by atoms with Gasteiger partial charge in [-0.15, -0.1) is 0 Å². The largest absolute Gasteiger partial charge is 0.372 e. The molecule has 0 bridgehead atoms. The standard InChI is InChI=1S/C26H35NO4S/c1-17(2)32(29,30)16-22-7-9-23(10-8-22)26(28)13-24-11-12-25(21(6)20(24)5)27-14-18(3)31-19(4)15-27/h7-12,17-19H,13-16H2,1-6H3/t18-,19+. The summed E-state index contributed by atoms with van der Waals surface area (Å²) in [5.41, 5.74) is 5.88. The van der Waals surface area contributed by atoms with Crippen LogP contribution in [-0.4, -0.2) is 44.7 Å². The quantitative estimate of drug-likeness (QED) is 0.566. The molecule has 0 amide bonds. The first-order valence-electron chi connectivity index (χ1n) is 11.3. The van der Waals surface area contributed by atoms with E-state index in [0.29, 0.717) is 17.5 Å². The molecule has 174 valence electrons. The molecule has 0 unspecified atom stereocenters. The molecule has 0 aliphatic carbocycles. The normalized spacial score (nSPS) is 19.4. The van der Waals surface area contributed by atoms with Gasteiger partial charge in [0.2, 0.25) is 0 Å². The summed E-state index contributed by atoms with van der Waals surface area (Å²) in [5.74, 6) is 0.0321. The van der Waals surface area contributed by atoms with Crippen molar-refractivity contribution in [3.05, 3.63) is 64.2 Å². The third-order valence-corrected chi connectivity index (χ3v) is 8.52. The topological polar surface area (TPSA) is 63.7 Å². The lowest BCUT2D eigenvalue weighted by molar-refractivity contribution is -0.00525. The van der Waals surface area contributed by atoms with E-state index in [1.54, 1.807) is 38.1 Å². The molecule has 1 aliphatic heterocycles. The van der Waals surface area contributed by atoms with Gasteiger partial charge >= 0.3 is 0 Å². The van der Waals surface area contributed by atoms with Crippen molar-refractivity contribution in [1.29, 1.82) is 0 Å². The third kappa shape index (κ3) is 5.59. The van der Waals surface area contributed by atoms with Gasteiger partial charge < -0.3 is 9.64 Å². The minimum atomic E-state index is -3.16. The van der Waals surface area contributed by atoms with Gasteiger partial charge in [0.15, 0.2) is 15.6 Å². The minimum Gasteiger partial charge on any atom is -0.372 e. The van der Waals surface area contributed by atoms with Crippen molar-refractivity contribution in [2.24, 2.45) is 0 Å². The molecule has 3 rings (SSSR count). The minimum absolute atomic E-state index is 0.00231. The van der Waals surface area contributed by atoms with Crippen molar-refractivity contribution in [2.45, 2.75) is 71.2 Å². The second kappa shape index (κ2) is 9.75. The van der Waals surface area contributed by atoms with E-state index in [2.05, 4.69) is 44.7 Å². The van der Waals surface area contributed by atoms with Crippen LogP contribution in [0.3, 0.4) is 0 Å². The van der Waals surface area contributed by atoms with Crippen LogP contribution >= 0.6 is 0 Å². The van der Waals surface area contributed by atoms with Gasteiger partial charge in [-0.2, -0.15) is 0 Å². The zero-order chi connectivity index (χ0) is 23.6. The summed E-state index contributed by atoms with van der Waals surface area (Å²) in [6.45, 7) is 13.5. The molecule has 0 saturated carbocycles. The molecule has 0 aromatic heterocycles. The number of benzene rings is 2. The van der Waals surface area contributed by atoms with Crippen molar-refractivity contribution in [1.82, 2.24) is 0 Å². The van der Waals surface area contributed by atoms with Crippen molar-refractivity contribution in [2.75, 3.05) is 18.0 Å². The van der Waals surface area contributed by atoms with Gasteiger partial charge in [0.25, 0.3) is 0 Å². The Balaban J connectivity index is 1.73. The van der Waals surface area contributed by atoms with Gasteiger partial charge in [-0.1, -0.05) is 30.3 Å². The molecular weight excluding hydrogens is 422 g/mol. The third-order valence-electron chi connectivity index (χ3n) is 6.34. The smallest absolute Gasteiger partial charge is 0.167 e.